The normalized spacial score (nSPS) is 10.5. The van der Waals surface area contributed by atoms with E-state index in [4.69, 9.17) is 16.0 Å². The van der Waals surface area contributed by atoms with Crippen LogP contribution in [-0.2, 0) is 0 Å². The highest BCUT2D eigenvalue weighted by Crippen LogP contribution is 2.19. The molecule has 1 heterocycles. The van der Waals surface area contributed by atoms with E-state index in [0.29, 0.717) is 21.7 Å². The van der Waals surface area contributed by atoms with Gasteiger partial charge in [-0.3, -0.25) is 4.79 Å². The standard InChI is InChI=1S/C16H10ClNO3/c17-11-7-6-10-8-13(16(20)21-14(10)9-11)15(19)18-12-4-2-1-3-5-12/h1-9H,(H,18,19). The molecule has 0 unspecified atom stereocenters. The van der Waals surface area contributed by atoms with Gasteiger partial charge in [0.05, 0.1) is 0 Å². The van der Waals surface area contributed by atoms with Gasteiger partial charge >= 0.3 is 5.63 Å². The Hall–Kier alpha value is -2.59. The van der Waals surface area contributed by atoms with Crippen molar-refractivity contribution in [2.45, 2.75) is 0 Å². The molecule has 0 spiro atoms. The van der Waals surface area contributed by atoms with Gasteiger partial charge in [-0.25, -0.2) is 4.79 Å². The first kappa shape index (κ1) is 13.4. The predicted molar refractivity (Wildman–Crippen MR) is 81.9 cm³/mol. The van der Waals surface area contributed by atoms with Gasteiger partial charge in [-0.1, -0.05) is 29.8 Å². The Labute approximate surface area is 125 Å². The fraction of sp³-hybridized carbons (Fsp3) is 0. The van der Waals surface area contributed by atoms with E-state index in [-0.39, 0.29) is 5.56 Å². The van der Waals surface area contributed by atoms with Gasteiger partial charge in [0.15, 0.2) is 0 Å². The second-order valence-electron chi connectivity index (χ2n) is 4.45. The van der Waals surface area contributed by atoms with Gasteiger partial charge in [-0.05, 0) is 30.3 Å². The molecule has 21 heavy (non-hydrogen) atoms. The number of para-hydroxylation sites is 1. The molecule has 0 saturated carbocycles. The minimum atomic E-state index is -0.696. The van der Waals surface area contributed by atoms with Gasteiger partial charge < -0.3 is 9.73 Å². The van der Waals surface area contributed by atoms with Crippen molar-refractivity contribution in [2.24, 2.45) is 0 Å². The minimum Gasteiger partial charge on any atom is -0.422 e. The molecule has 0 aliphatic rings. The maximum absolute atomic E-state index is 12.1. The summed E-state index contributed by atoms with van der Waals surface area (Å²) in [5.41, 5.74) is 0.216. The predicted octanol–water partition coefficient (Wildman–Crippen LogP) is 3.70. The van der Waals surface area contributed by atoms with Crippen molar-refractivity contribution >= 4 is 34.2 Å². The van der Waals surface area contributed by atoms with Crippen LogP contribution in [0.2, 0.25) is 5.02 Å². The number of carbonyl (C=O) groups excluding carboxylic acids is 1. The maximum atomic E-state index is 12.1. The van der Waals surface area contributed by atoms with E-state index in [9.17, 15) is 9.59 Å². The summed E-state index contributed by atoms with van der Waals surface area (Å²) in [5, 5.41) is 3.75. The van der Waals surface area contributed by atoms with Crippen LogP contribution in [0.5, 0.6) is 0 Å². The topological polar surface area (TPSA) is 59.3 Å². The molecule has 104 valence electrons. The summed E-state index contributed by atoms with van der Waals surface area (Å²) in [5.74, 6) is -0.508. The number of hydrogen-bond acceptors (Lipinski definition) is 3. The van der Waals surface area contributed by atoms with Gasteiger partial charge in [-0.2, -0.15) is 0 Å². The second-order valence-corrected chi connectivity index (χ2v) is 4.89. The van der Waals surface area contributed by atoms with Gasteiger partial charge in [0.2, 0.25) is 0 Å². The van der Waals surface area contributed by atoms with Gasteiger partial charge in [0.25, 0.3) is 5.91 Å². The Kier molecular flexibility index (Phi) is 3.46. The van der Waals surface area contributed by atoms with Crippen molar-refractivity contribution in [3.8, 4) is 0 Å². The van der Waals surface area contributed by atoms with Crippen molar-refractivity contribution in [1.29, 1.82) is 0 Å². The lowest BCUT2D eigenvalue weighted by Crippen LogP contribution is -2.20. The molecule has 0 fully saturated rings. The van der Waals surface area contributed by atoms with Crippen LogP contribution in [0.4, 0.5) is 5.69 Å². The molecule has 4 nitrogen and oxygen atoms in total. The largest absolute Gasteiger partial charge is 0.422 e. The molecular formula is C16H10ClNO3. The van der Waals surface area contributed by atoms with Crippen LogP contribution in [-0.4, -0.2) is 5.91 Å². The molecule has 0 bridgehead atoms. The number of rotatable bonds is 2. The molecule has 3 aromatic rings. The van der Waals surface area contributed by atoms with Crippen LogP contribution in [0.25, 0.3) is 11.0 Å². The Morgan fingerprint density at radius 2 is 1.81 bits per heavy atom. The lowest BCUT2D eigenvalue weighted by atomic mass is 10.1. The third kappa shape index (κ3) is 2.80. The molecule has 0 aliphatic heterocycles. The summed E-state index contributed by atoms with van der Waals surface area (Å²) >= 11 is 5.84. The molecule has 1 aromatic heterocycles. The molecule has 0 aliphatic carbocycles. The maximum Gasteiger partial charge on any atom is 0.349 e. The number of carbonyl (C=O) groups is 1. The summed E-state index contributed by atoms with van der Waals surface area (Å²) in [6.07, 6.45) is 0. The summed E-state index contributed by atoms with van der Waals surface area (Å²) < 4.78 is 5.13. The fourth-order valence-corrected chi connectivity index (χ4v) is 2.13. The number of anilines is 1. The van der Waals surface area contributed by atoms with E-state index in [2.05, 4.69) is 5.32 Å². The SMILES string of the molecule is O=C(Nc1ccccc1)c1cc2ccc(Cl)cc2oc1=O. The average molecular weight is 300 g/mol. The summed E-state index contributed by atoms with van der Waals surface area (Å²) in [4.78, 5) is 24.1. The van der Waals surface area contributed by atoms with E-state index in [1.165, 1.54) is 12.1 Å². The second kappa shape index (κ2) is 5.42. The highest BCUT2D eigenvalue weighted by atomic mass is 35.5. The van der Waals surface area contributed by atoms with Gasteiger partial charge in [0.1, 0.15) is 11.1 Å². The van der Waals surface area contributed by atoms with Crippen molar-refractivity contribution in [1.82, 2.24) is 0 Å². The number of fused-ring (bicyclic) bond motifs is 1. The highest BCUT2D eigenvalue weighted by molar-refractivity contribution is 6.31. The molecule has 0 saturated heterocycles. The molecule has 5 heteroatoms. The van der Waals surface area contributed by atoms with E-state index in [1.807, 2.05) is 6.07 Å². The van der Waals surface area contributed by atoms with Crippen molar-refractivity contribution in [3.63, 3.8) is 0 Å². The Balaban J connectivity index is 2.00. The summed E-state index contributed by atoms with van der Waals surface area (Å²) in [6.45, 7) is 0. The van der Waals surface area contributed by atoms with Crippen molar-refractivity contribution in [3.05, 3.63) is 75.6 Å². The first-order valence-corrected chi connectivity index (χ1v) is 6.61. The highest BCUT2D eigenvalue weighted by Gasteiger charge is 2.14. The van der Waals surface area contributed by atoms with Crippen LogP contribution < -0.4 is 10.9 Å². The zero-order chi connectivity index (χ0) is 14.8. The third-order valence-corrected chi connectivity index (χ3v) is 3.21. The molecular weight excluding hydrogens is 290 g/mol. The summed E-state index contributed by atoms with van der Waals surface area (Å²) in [7, 11) is 0. The minimum absolute atomic E-state index is 0.0475. The van der Waals surface area contributed by atoms with Crippen LogP contribution in [0.3, 0.4) is 0 Å². The van der Waals surface area contributed by atoms with E-state index in [1.54, 1.807) is 36.4 Å². The number of halogens is 1. The lowest BCUT2D eigenvalue weighted by Gasteiger charge is -2.05. The Morgan fingerprint density at radius 3 is 2.57 bits per heavy atom. The number of amides is 1. The van der Waals surface area contributed by atoms with Crippen LogP contribution in [0.1, 0.15) is 10.4 Å². The Bertz CT molecular complexity index is 872. The molecule has 2 aromatic carbocycles. The van der Waals surface area contributed by atoms with Crippen molar-refractivity contribution in [2.75, 3.05) is 5.32 Å². The number of nitrogens with one attached hydrogen (secondary N) is 1. The molecule has 1 amide bonds. The fourth-order valence-electron chi connectivity index (χ4n) is 1.96. The lowest BCUT2D eigenvalue weighted by molar-refractivity contribution is 0.102. The van der Waals surface area contributed by atoms with E-state index < -0.39 is 11.5 Å². The van der Waals surface area contributed by atoms with E-state index >= 15 is 0 Å². The van der Waals surface area contributed by atoms with E-state index in [0.717, 1.165) is 0 Å². The third-order valence-electron chi connectivity index (χ3n) is 2.97. The van der Waals surface area contributed by atoms with Crippen LogP contribution >= 0.6 is 11.6 Å². The van der Waals surface area contributed by atoms with Crippen LogP contribution in [0, 0.1) is 0 Å². The molecule has 0 atom stereocenters. The molecule has 0 radical (unpaired) electrons. The average Bonchev–Trinajstić information content (AvgIpc) is 2.47. The Morgan fingerprint density at radius 1 is 1.05 bits per heavy atom. The number of hydrogen-bond donors (Lipinski definition) is 1. The molecule has 3 rings (SSSR count). The first-order valence-electron chi connectivity index (χ1n) is 6.23. The quantitative estimate of drug-likeness (QED) is 0.734. The smallest absolute Gasteiger partial charge is 0.349 e. The van der Waals surface area contributed by atoms with Crippen LogP contribution in [0.15, 0.2) is 63.8 Å². The summed E-state index contributed by atoms with van der Waals surface area (Å²) in [6, 6.07) is 15.3. The van der Waals surface area contributed by atoms with Gasteiger partial charge in [0, 0.05) is 22.2 Å². The zero-order valence-corrected chi connectivity index (χ0v) is 11.6. The zero-order valence-electron chi connectivity index (χ0n) is 10.8. The number of benzene rings is 2. The van der Waals surface area contributed by atoms with Gasteiger partial charge in [-0.15, -0.1) is 0 Å². The monoisotopic (exact) mass is 299 g/mol. The first-order chi connectivity index (χ1) is 10.1. The molecule has 1 N–H and O–H groups in total. The van der Waals surface area contributed by atoms with Crippen molar-refractivity contribution < 1.29 is 9.21 Å².